The lowest BCUT2D eigenvalue weighted by atomic mass is 10.1. The van der Waals surface area contributed by atoms with E-state index in [1.807, 2.05) is 0 Å². The Kier molecular flexibility index (Phi) is 5.65. The number of nitrogens with one attached hydrogen (secondary N) is 2. The Bertz CT molecular complexity index is 1110. The van der Waals surface area contributed by atoms with Gasteiger partial charge in [0.05, 0.1) is 5.56 Å². The van der Waals surface area contributed by atoms with Crippen molar-refractivity contribution in [2.45, 2.75) is 11.8 Å². The third-order valence-electron chi connectivity index (χ3n) is 3.98. The second-order valence-electron chi connectivity index (χ2n) is 6.06. The number of halogens is 1. The summed E-state index contributed by atoms with van der Waals surface area (Å²) < 4.78 is 41.3. The van der Waals surface area contributed by atoms with E-state index in [4.69, 9.17) is 0 Å². The first-order valence-corrected chi connectivity index (χ1v) is 9.92. The number of Topliss-reactive ketones (excluding diaryl/α,β-unsaturated/α-hetero) is 1. The fourth-order valence-electron chi connectivity index (χ4n) is 2.50. The minimum Gasteiger partial charge on any atom is -0.295 e. The summed E-state index contributed by atoms with van der Waals surface area (Å²) in [6.45, 7) is 1.46. The van der Waals surface area contributed by atoms with Crippen molar-refractivity contribution in [1.29, 1.82) is 0 Å². The van der Waals surface area contributed by atoms with E-state index in [2.05, 4.69) is 9.71 Å². The van der Waals surface area contributed by atoms with E-state index in [1.54, 1.807) is 42.5 Å². The van der Waals surface area contributed by atoms with Gasteiger partial charge >= 0.3 is 10.0 Å². The number of amidine groups is 1. The van der Waals surface area contributed by atoms with Gasteiger partial charge in [-0.1, -0.05) is 18.2 Å². The largest absolute Gasteiger partial charge is 0.328 e. The van der Waals surface area contributed by atoms with Crippen molar-refractivity contribution in [3.63, 3.8) is 0 Å². The van der Waals surface area contributed by atoms with Gasteiger partial charge in [0.15, 0.2) is 5.78 Å². The Hall–Kier alpha value is -3.32. The molecule has 0 aliphatic heterocycles. The molecule has 142 valence electrons. The second-order valence-corrected chi connectivity index (χ2v) is 7.74. The highest BCUT2D eigenvalue weighted by atomic mass is 32.2. The van der Waals surface area contributed by atoms with Crippen LogP contribution in [0.2, 0.25) is 0 Å². The smallest absolute Gasteiger partial charge is 0.295 e. The summed E-state index contributed by atoms with van der Waals surface area (Å²) in [4.78, 5) is 11.5. The van der Waals surface area contributed by atoms with Crippen LogP contribution in [0.1, 0.15) is 22.8 Å². The number of hydrogen-bond donors (Lipinski definition) is 2. The summed E-state index contributed by atoms with van der Waals surface area (Å²) in [7, 11) is -3.86. The van der Waals surface area contributed by atoms with Gasteiger partial charge in [-0.3, -0.25) is 4.79 Å². The van der Waals surface area contributed by atoms with Crippen LogP contribution in [-0.4, -0.2) is 20.0 Å². The Morgan fingerprint density at radius 3 is 2.00 bits per heavy atom. The van der Waals surface area contributed by atoms with Gasteiger partial charge in [0.2, 0.25) is 0 Å². The van der Waals surface area contributed by atoms with Gasteiger partial charge in [0, 0.05) is 5.56 Å². The topological polar surface area (TPSA) is 77.2 Å². The average Bonchev–Trinajstić information content (AvgIpc) is 2.69. The van der Waals surface area contributed by atoms with Gasteiger partial charge < -0.3 is 0 Å². The van der Waals surface area contributed by atoms with Gasteiger partial charge in [0.1, 0.15) is 16.4 Å². The van der Waals surface area contributed by atoms with Crippen LogP contribution in [0.25, 0.3) is 0 Å². The van der Waals surface area contributed by atoms with Crippen LogP contribution >= 0.6 is 0 Å². The minimum atomic E-state index is -3.86. The van der Waals surface area contributed by atoms with Crippen LogP contribution in [0, 0.1) is 5.82 Å². The number of sulfonamides is 1. The molecule has 0 amide bonds. The van der Waals surface area contributed by atoms with E-state index in [0.29, 0.717) is 16.8 Å². The summed E-state index contributed by atoms with van der Waals surface area (Å²) in [6, 6.07) is 20.0. The summed E-state index contributed by atoms with van der Waals surface area (Å²) in [5.74, 6) is -0.335. The minimum absolute atomic E-state index is 0.0703. The molecule has 0 fully saturated rings. The number of anilines is 1. The maximum absolute atomic E-state index is 13.3. The molecule has 3 aromatic rings. The predicted octanol–water partition coefficient (Wildman–Crippen LogP) is 2.36. The summed E-state index contributed by atoms with van der Waals surface area (Å²) in [5.41, 5.74) is 1.57. The van der Waals surface area contributed by atoms with Crippen LogP contribution in [-0.2, 0) is 10.0 Å². The summed E-state index contributed by atoms with van der Waals surface area (Å²) in [6.07, 6.45) is 0. The SMILES string of the molecule is CC(=O)c1ccc(NC(=[NH+]S(=O)(=O)c2ccccc2)c2ccc(F)cc2)cc1. The van der Waals surface area contributed by atoms with Crippen LogP contribution in [0.4, 0.5) is 10.1 Å². The first kappa shape index (κ1) is 19.4. The fraction of sp³-hybridized carbons (Fsp3) is 0.0476. The Morgan fingerprint density at radius 2 is 1.43 bits per heavy atom. The third kappa shape index (κ3) is 4.69. The monoisotopic (exact) mass is 397 g/mol. The molecule has 0 bridgehead atoms. The highest BCUT2D eigenvalue weighted by Gasteiger charge is 2.20. The zero-order chi connectivity index (χ0) is 20.1. The molecular weight excluding hydrogens is 379 g/mol. The van der Waals surface area contributed by atoms with Crippen molar-refractivity contribution in [2.24, 2.45) is 0 Å². The number of ketones is 1. The molecule has 3 aromatic carbocycles. The normalized spacial score (nSPS) is 11.9. The maximum atomic E-state index is 13.3. The molecule has 0 spiro atoms. The Balaban J connectivity index is 2.02. The molecule has 28 heavy (non-hydrogen) atoms. The van der Waals surface area contributed by atoms with Crippen molar-refractivity contribution in [2.75, 3.05) is 5.32 Å². The van der Waals surface area contributed by atoms with Crippen molar-refractivity contribution >= 4 is 27.3 Å². The molecule has 0 saturated carbocycles. The van der Waals surface area contributed by atoms with Gasteiger partial charge in [-0.15, -0.1) is 0 Å². The molecule has 7 heteroatoms. The van der Waals surface area contributed by atoms with Crippen LogP contribution in [0.15, 0.2) is 83.8 Å². The number of carbonyl (C=O) groups excluding carboxylic acids is 1. The van der Waals surface area contributed by atoms with Crippen LogP contribution in [0.5, 0.6) is 0 Å². The highest BCUT2D eigenvalue weighted by Crippen LogP contribution is 2.12. The molecule has 5 nitrogen and oxygen atoms in total. The average molecular weight is 397 g/mol. The maximum Gasteiger partial charge on any atom is 0.328 e. The van der Waals surface area contributed by atoms with E-state index in [-0.39, 0.29) is 16.5 Å². The molecule has 0 heterocycles. The molecule has 0 unspecified atom stereocenters. The lowest BCUT2D eigenvalue weighted by Gasteiger charge is -2.05. The van der Waals surface area contributed by atoms with Crippen molar-refractivity contribution in [1.82, 2.24) is 0 Å². The molecule has 3 rings (SSSR count). The van der Waals surface area contributed by atoms with Gasteiger partial charge in [-0.2, -0.15) is 12.8 Å². The molecule has 0 aliphatic carbocycles. The van der Waals surface area contributed by atoms with Gasteiger partial charge in [-0.25, -0.2) is 9.71 Å². The molecule has 2 N–H and O–H groups in total. The Labute approximate surface area is 162 Å². The summed E-state index contributed by atoms with van der Waals surface area (Å²) in [5, 5.41) is 3.00. The first-order chi connectivity index (χ1) is 13.3. The van der Waals surface area contributed by atoms with Gasteiger partial charge in [-0.05, 0) is 67.6 Å². The van der Waals surface area contributed by atoms with Crippen LogP contribution in [0.3, 0.4) is 0 Å². The van der Waals surface area contributed by atoms with Crippen molar-refractivity contribution < 1.29 is 22.0 Å². The van der Waals surface area contributed by atoms with Crippen molar-refractivity contribution in [3.05, 3.63) is 95.8 Å². The van der Waals surface area contributed by atoms with E-state index >= 15 is 0 Å². The number of carbonyl (C=O) groups is 1. The zero-order valence-electron chi connectivity index (χ0n) is 15.0. The molecule has 0 radical (unpaired) electrons. The molecule has 0 atom stereocenters. The standard InChI is InChI=1S/C21H17FN2O3S/c1-15(25)16-9-13-19(14-10-16)23-21(17-7-11-18(22)12-8-17)24-28(26,27)20-5-3-2-4-6-20/h2-14H,1H3,(H,23,24)/p+1. The molecule has 0 aromatic heterocycles. The number of hydrogen-bond acceptors (Lipinski definition) is 3. The Morgan fingerprint density at radius 1 is 0.857 bits per heavy atom. The third-order valence-corrected chi connectivity index (χ3v) is 5.35. The lowest BCUT2D eigenvalue weighted by Crippen LogP contribution is -2.78. The van der Waals surface area contributed by atoms with E-state index < -0.39 is 15.8 Å². The van der Waals surface area contributed by atoms with E-state index in [9.17, 15) is 17.6 Å². The zero-order valence-corrected chi connectivity index (χ0v) is 15.8. The number of rotatable bonds is 5. The van der Waals surface area contributed by atoms with Crippen molar-refractivity contribution in [3.8, 4) is 0 Å². The van der Waals surface area contributed by atoms with E-state index in [0.717, 1.165) is 0 Å². The molecule has 0 saturated heterocycles. The summed E-state index contributed by atoms with van der Waals surface area (Å²) >= 11 is 0. The second kappa shape index (κ2) is 8.14. The first-order valence-electron chi connectivity index (χ1n) is 8.44. The fourth-order valence-corrected chi connectivity index (χ4v) is 3.57. The van der Waals surface area contributed by atoms with Crippen LogP contribution < -0.4 is 9.71 Å². The molecular formula is C21H18FN2O3S+. The highest BCUT2D eigenvalue weighted by molar-refractivity contribution is 7.84. The quantitative estimate of drug-likeness (QED) is 0.394. The molecule has 0 aliphatic rings. The number of benzene rings is 3. The van der Waals surface area contributed by atoms with E-state index in [1.165, 1.54) is 43.3 Å². The van der Waals surface area contributed by atoms with Gasteiger partial charge in [0.25, 0.3) is 5.84 Å². The lowest BCUT2D eigenvalue weighted by molar-refractivity contribution is -0.266. The predicted molar refractivity (Wildman–Crippen MR) is 105 cm³/mol.